The summed E-state index contributed by atoms with van der Waals surface area (Å²) in [5, 5.41) is 0. The normalized spacial score (nSPS) is 10.3. The quantitative estimate of drug-likeness (QED) is 0.252. The fourth-order valence-corrected chi connectivity index (χ4v) is 3.09. The van der Waals surface area contributed by atoms with Crippen LogP contribution in [-0.4, -0.2) is 30.6 Å². The Bertz CT molecular complexity index is 507. The van der Waals surface area contributed by atoms with Gasteiger partial charge in [0, 0.05) is 0 Å². The minimum Gasteiger partial charge on any atom is -0.462 e. The maximum Gasteiger partial charge on any atom is 0.339 e. The second-order valence-electron chi connectivity index (χ2n) is 7.35. The van der Waals surface area contributed by atoms with E-state index in [1.54, 1.807) is 24.3 Å². The molecule has 5 heteroatoms. The second kappa shape index (κ2) is 18.2. The van der Waals surface area contributed by atoms with Gasteiger partial charge in [0.25, 0.3) is 0 Å². The van der Waals surface area contributed by atoms with E-state index in [0.717, 1.165) is 25.7 Å². The molecule has 1 aromatic rings. The highest BCUT2D eigenvalue weighted by Crippen LogP contribution is 2.14. The first-order chi connectivity index (χ1) is 13.7. The van der Waals surface area contributed by atoms with E-state index in [1.807, 2.05) is 0 Å². The molecule has 1 aromatic carbocycles. The Balaban J connectivity index is 0.00000784. The molecular formula is C24H40O5. The molecule has 2 N–H and O–H groups in total. The molecule has 0 heterocycles. The van der Waals surface area contributed by atoms with Crippen molar-refractivity contribution in [2.24, 2.45) is 0 Å². The van der Waals surface area contributed by atoms with Gasteiger partial charge in [-0.05, 0) is 25.0 Å². The third-order valence-electron chi connectivity index (χ3n) is 4.83. The van der Waals surface area contributed by atoms with Gasteiger partial charge >= 0.3 is 11.9 Å². The van der Waals surface area contributed by atoms with Crippen LogP contribution < -0.4 is 0 Å². The van der Waals surface area contributed by atoms with Crippen molar-refractivity contribution in [3.63, 3.8) is 0 Å². The minimum absolute atomic E-state index is 0. The predicted octanol–water partition coefficient (Wildman–Crippen LogP) is 5.90. The third kappa shape index (κ3) is 12.3. The molecule has 0 saturated heterocycles. The van der Waals surface area contributed by atoms with Crippen LogP contribution in [0, 0.1) is 0 Å². The fourth-order valence-electron chi connectivity index (χ4n) is 3.09. The summed E-state index contributed by atoms with van der Waals surface area (Å²) in [6, 6.07) is 6.74. The molecule has 29 heavy (non-hydrogen) atoms. The van der Waals surface area contributed by atoms with Crippen LogP contribution in [0.1, 0.15) is 112 Å². The van der Waals surface area contributed by atoms with Gasteiger partial charge in [0.2, 0.25) is 0 Å². The van der Waals surface area contributed by atoms with E-state index in [2.05, 4.69) is 13.8 Å². The van der Waals surface area contributed by atoms with E-state index >= 15 is 0 Å². The highest BCUT2D eigenvalue weighted by atomic mass is 16.5. The van der Waals surface area contributed by atoms with E-state index in [9.17, 15) is 9.59 Å². The molecule has 0 aliphatic carbocycles. The average Bonchev–Trinajstić information content (AvgIpc) is 2.72. The van der Waals surface area contributed by atoms with E-state index in [4.69, 9.17) is 9.47 Å². The topological polar surface area (TPSA) is 84.1 Å². The molecule has 0 bridgehead atoms. The molecule has 0 unspecified atom stereocenters. The molecule has 0 aliphatic heterocycles. The highest BCUT2D eigenvalue weighted by molar-refractivity contribution is 6.03. The Morgan fingerprint density at radius 3 is 1.34 bits per heavy atom. The summed E-state index contributed by atoms with van der Waals surface area (Å²) < 4.78 is 10.7. The number of hydrogen-bond donors (Lipinski definition) is 0. The maximum absolute atomic E-state index is 12.4. The summed E-state index contributed by atoms with van der Waals surface area (Å²) in [5.74, 6) is -0.888. The Labute approximate surface area is 176 Å². The van der Waals surface area contributed by atoms with Gasteiger partial charge in [-0.25, -0.2) is 9.59 Å². The van der Waals surface area contributed by atoms with Crippen LogP contribution in [-0.2, 0) is 9.47 Å². The monoisotopic (exact) mass is 408 g/mol. The van der Waals surface area contributed by atoms with Crippen molar-refractivity contribution >= 4 is 11.9 Å². The second-order valence-corrected chi connectivity index (χ2v) is 7.35. The van der Waals surface area contributed by atoms with Gasteiger partial charge in [0.05, 0.1) is 24.3 Å². The first-order valence-electron chi connectivity index (χ1n) is 11.1. The van der Waals surface area contributed by atoms with Crippen molar-refractivity contribution in [1.82, 2.24) is 0 Å². The van der Waals surface area contributed by atoms with E-state index in [1.165, 1.54) is 51.4 Å². The lowest BCUT2D eigenvalue weighted by Crippen LogP contribution is -2.15. The Morgan fingerprint density at radius 2 is 0.966 bits per heavy atom. The fraction of sp³-hybridized carbons (Fsp3) is 0.667. The summed E-state index contributed by atoms with van der Waals surface area (Å²) in [6.07, 6.45) is 13.6. The zero-order chi connectivity index (χ0) is 20.5. The molecule has 0 aromatic heterocycles. The van der Waals surface area contributed by atoms with Crippen LogP contribution in [0.25, 0.3) is 0 Å². The first-order valence-corrected chi connectivity index (χ1v) is 11.1. The largest absolute Gasteiger partial charge is 0.462 e. The Hall–Kier alpha value is -1.88. The number of rotatable bonds is 16. The number of unbranched alkanes of at least 4 members (excludes halogenated alkanes) is 10. The summed E-state index contributed by atoms with van der Waals surface area (Å²) in [5.41, 5.74) is 0.586. The zero-order valence-electron chi connectivity index (χ0n) is 18.3. The van der Waals surface area contributed by atoms with Crippen molar-refractivity contribution in [2.75, 3.05) is 13.2 Å². The van der Waals surface area contributed by atoms with Gasteiger partial charge < -0.3 is 14.9 Å². The number of ether oxygens (including phenoxy) is 2. The number of hydrogen-bond acceptors (Lipinski definition) is 4. The van der Waals surface area contributed by atoms with Gasteiger partial charge in [-0.1, -0.05) is 90.2 Å². The van der Waals surface area contributed by atoms with Gasteiger partial charge in [-0.3, -0.25) is 0 Å². The summed E-state index contributed by atoms with van der Waals surface area (Å²) >= 11 is 0. The molecule has 0 fully saturated rings. The highest BCUT2D eigenvalue weighted by Gasteiger charge is 2.18. The van der Waals surface area contributed by atoms with Crippen LogP contribution in [0.3, 0.4) is 0 Å². The third-order valence-corrected chi connectivity index (χ3v) is 4.83. The van der Waals surface area contributed by atoms with Gasteiger partial charge in [0.1, 0.15) is 0 Å². The molecule has 0 amide bonds. The molecule has 0 atom stereocenters. The smallest absolute Gasteiger partial charge is 0.339 e. The molecule has 0 spiro atoms. The maximum atomic E-state index is 12.4. The number of carbonyl (C=O) groups excluding carboxylic acids is 2. The van der Waals surface area contributed by atoms with Gasteiger partial charge in [0.15, 0.2) is 0 Å². The Morgan fingerprint density at radius 1 is 0.621 bits per heavy atom. The number of carbonyl (C=O) groups is 2. The predicted molar refractivity (Wildman–Crippen MR) is 117 cm³/mol. The zero-order valence-corrected chi connectivity index (χ0v) is 18.3. The minimum atomic E-state index is -0.444. The molecule has 166 valence electrons. The number of benzene rings is 1. The average molecular weight is 409 g/mol. The van der Waals surface area contributed by atoms with E-state index in [0.29, 0.717) is 24.3 Å². The lowest BCUT2D eigenvalue weighted by atomic mass is 10.1. The van der Waals surface area contributed by atoms with Crippen LogP contribution >= 0.6 is 0 Å². The standard InChI is InChI=1S/C24H38O4.H2O/c1-3-5-7-9-11-15-19-27-23(25)21-17-13-14-18-22(21)24(26)28-20-16-12-10-8-6-4-2;/h13-14,17-18H,3-12,15-16,19-20H2,1-2H3;1H2. The molecule has 1 rings (SSSR count). The van der Waals surface area contributed by atoms with Crippen LogP contribution in [0.4, 0.5) is 0 Å². The molecule has 0 saturated carbocycles. The SMILES string of the molecule is CCCCCCCCOC(=O)c1ccccc1C(=O)OCCCCCCCC.O. The van der Waals surface area contributed by atoms with Crippen LogP contribution in [0.2, 0.25) is 0 Å². The van der Waals surface area contributed by atoms with Gasteiger partial charge in [-0.2, -0.15) is 0 Å². The lowest BCUT2D eigenvalue weighted by Gasteiger charge is -2.10. The van der Waals surface area contributed by atoms with Crippen molar-refractivity contribution in [1.29, 1.82) is 0 Å². The van der Waals surface area contributed by atoms with Gasteiger partial charge in [-0.15, -0.1) is 0 Å². The van der Waals surface area contributed by atoms with Crippen molar-refractivity contribution < 1.29 is 24.5 Å². The number of esters is 2. The molecule has 0 aliphatic rings. The van der Waals surface area contributed by atoms with Crippen molar-refractivity contribution in [3.05, 3.63) is 35.4 Å². The van der Waals surface area contributed by atoms with Crippen LogP contribution in [0.15, 0.2) is 24.3 Å². The molecule has 0 radical (unpaired) electrons. The summed E-state index contributed by atoms with van der Waals surface area (Å²) in [4.78, 5) is 24.7. The lowest BCUT2D eigenvalue weighted by molar-refractivity contribution is 0.0450. The first kappa shape index (κ1) is 27.1. The van der Waals surface area contributed by atoms with E-state index < -0.39 is 11.9 Å². The van der Waals surface area contributed by atoms with Crippen molar-refractivity contribution in [3.8, 4) is 0 Å². The molecular weight excluding hydrogens is 368 g/mol. The van der Waals surface area contributed by atoms with Crippen molar-refractivity contribution in [2.45, 2.75) is 90.9 Å². The molecule has 5 nitrogen and oxygen atoms in total. The van der Waals surface area contributed by atoms with E-state index in [-0.39, 0.29) is 5.48 Å². The summed E-state index contributed by atoms with van der Waals surface area (Å²) in [7, 11) is 0. The Kier molecular flexibility index (Phi) is 17.0. The van der Waals surface area contributed by atoms with Crippen LogP contribution in [0.5, 0.6) is 0 Å². The summed E-state index contributed by atoms with van der Waals surface area (Å²) in [6.45, 7) is 5.17.